The van der Waals surface area contributed by atoms with E-state index >= 15 is 0 Å². The Kier molecular flexibility index (Phi) is 4.58. The average molecular weight is 348 g/mol. The van der Waals surface area contributed by atoms with Crippen molar-refractivity contribution in [3.05, 3.63) is 29.8 Å². The lowest BCUT2D eigenvalue weighted by Crippen LogP contribution is -2.62. The molecule has 0 aromatic heterocycles. The zero-order valence-corrected chi connectivity index (χ0v) is 14.1. The summed E-state index contributed by atoms with van der Waals surface area (Å²) in [5.41, 5.74) is 5.50. The Labute approximate surface area is 141 Å². The smallest absolute Gasteiger partial charge is 0.244 e. The fraction of sp³-hybridized carbons (Fsp3) is 0.500. The molecule has 1 aromatic carbocycles. The van der Waals surface area contributed by atoms with Crippen LogP contribution in [-0.2, 0) is 14.8 Å². The number of benzene rings is 1. The number of primary amides is 1. The average Bonchev–Trinajstić information content (AvgIpc) is 2.53. The number of hydrogen-bond donors (Lipinski definition) is 1. The maximum absolute atomic E-state index is 12.7. The first-order valence-corrected chi connectivity index (χ1v) is 9.40. The molecule has 0 atom stereocenters. The summed E-state index contributed by atoms with van der Waals surface area (Å²) in [4.78, 5) is 13.5. The number of piperidine rings is 1. The van der Waals surface area contributed by atoms with E-state index in [9.17, 15) is 13.2 Å². The molecule has 2 aliphatic heterocycles. The first-order chi connectivity index (χ1) is 11.4. The highest BCUT2D eigenvalue weighted by atomic mass is 32.2. The van der Waals surface area contributed by atoms with Crippen molar-refractivity contribution < 1.29 is 13.2 Å². The number of likely N-dealkylation sites (tertiary alicyclic amines) is 1. The molecule has 24 heavy (non-hydrogen) atoms. The molecule has 7 nitrogen and oxygen atoms in total. The molecule has 2 saturated heterocycles. The Bertz CT molecular complexity index is 773. The molecule has 0 spiro atoms. The van der Waals surface area contributed by atoms with Crippen LogP contribution in [0.15, 0.2) is 29.2 Å². The molecule has 2 heterocycles. The van der Waals surface area contributed by atoms with Crippen molar-refractivity contribution in [3.8, 4) is 6.07 Å². The van der Waals surface area contributed by atoms with Gasteiger partial charge in [-0.05, 0) is 38.1 Å². The molecular weight excluding hydrogens is 328 g/mol. The first kappa shape index (κ1) is 16.9. The van der Waals surface area contributed by atoms with Crippen LogP contribution in [-0.4, -0.2) is 55.8 Å². The Morgan fingerprint density at radius 3 is 2.42 bits per heavy atom. The minimum absolute atomic E-state index is 0.0660. The van der Waals surface area contributed by atoms with Gasteiger partial charge >= 0.3 is 0 Å². The van der Waals surface area contributed by atoms with Crippen LogP contribution < -0.4 is 5.73 Å². The summed E-state index contributed by atoms with van der Waals surface area (Å²) in [5, 5.41) is 9.10. The van der Waals surface area contributed by atoms with Gasteiger partial charge in [0.05, 0.1) is 10.5 Å². The molecule has 3 rings (SSSR count). The number of rotatable bonds is 4. The molecule has 0 aliphatic carbocycles. The second-order valence-electron chi connectivity index (χ2n) is 6.30. The monoisotopic (exact) mass is 348 g/mol. The Morgan fingerprint density at radius 2 is 1.83 bits per heavy atom. The van der Waals surface area contributed by atoms with Crippen LogP contribution in [0.4, 0.5) is 0 Å². The van der Waals surface area contributed by atoms with Crippen molar-refractivity contribution in [2.45, 2.75) is 23.8 Å². The van der Waals surface area contributed by atoms with Crippen molar-refractivity contribution in [1.82, 2.24) is 9.21 Å². The predicted molar refractivity (Wildman–Crippen MR) is 87.2 cm³/mol. The SMILES string of the molecule is N#Cc1ccccc1S(=O)(=O)N1CC(N2CCC(C(N)=O)CC2)C1. The largest absolute Gasteiger partial charge is 0.369 e. The van der Waals surface area contributed by atoms with E-state index in [0.717, 1.165) is 25.9 Å². The second kappa shape index (κ2) is 6.51. The Hall–Kier alpha value is -1.95. The van der Waals surface area contributed by atoms with Gasteiger partial charge in [0.15, 0.2) is 0 Å². The second-order valence-corrected chi connectivity index (χ2v) is 8.20. The van der Waals surface area contributed by atoms with Gasteiger partial charge in [-0.1, -0.05) is 12.1 Å². The van der Waals surface area contributed by atoms with E-state index < -0.39 is 10.0 Å². The van der Waals surface area contributed by atoms with Gasteiger partial charge in [-0.2, -0.15) is 9.57 Å². The highest BCUT2D eigenvalue weighted by molar-refractivity contribution is 7.89. The number of amides is 1. The van der Waals surface area contributed by atoms with Crippen LogP contribution in [0.5, 0.6) is 0 Å². The van der Waals surface area contributed by atoms with Crippen LogP contribution in [0.3, 0.4) is 0 Å². The summed E-state index contributed by atoms with van der Waals surface area (Å²) < 4.78 is 26.7. The van der Waals surface area contributed by atoms with E-state index in [0.29, 0.717) is 13.1 Å². The van der Waals surface area contributed by atoms with Crippen molar-refractivity contribution in [1.29, 1.82) is 5.26 Å². The third-order valence-electron chi connectivity index (χ3n) is 4.90. The van der Waals surface area contributed by atoms with Crippen molar-refractivity contribution in [2.24, 2.45) is 11.7 Å². The summed E-state index contributed by atoms with van der Waals surface area (Å²) in [6.45, 7) is 2.37. The van der Waals surface area contributed by atoms with E-state index in [1.807, 2.05) is 6.07 Å². The van der Waals surface area contributed by atoms with Gasteiger partial charge in [-0.25, -0.2) is 8.42 Å². The van der Waals surface area contributed by atoms with Crippen molar-refractivity contribution >= 4 is 15.9 Å². The number of nitriles is 1. The number of sulfonamides is 1. The van der Waals surface area contributed by atoms with Crippen molar-refractivity contribution in [3.63, 3.8) is 0 Å². The highest BCUT2D eigenvalue weighted by Gasteiger charge is 2.41. The molecule has 8 heteroatoms. The maximum Gasteiger partial charge on any atom is 0.244 e. The molecule has 0 radical (unpaired) electrons. The van der Waals surface area contributed by atoms with Gasteiger partial charge in [0.1, 0.15) is 6.07 Å². The fourth-order valence-corrected chi connectivity index (χ4v) is 4.97. The lowest BCUT2D eigenvalue weighted by Gasteiger charge is -2.46. The zero-order chi connectivity index (χ0) is 17.3. The predicted octanol–water partition coefficient (Wildman–Crippen LogP) is 0.128. The van der Waals surface area contributed by atoms with E-state index in [4.69, 9.17) is 11.0 Å². The number of nitrogens with zero attached hydrogens (tertiary/aromatic N) is 3. The normalized spacial score (nSPS) is 21.1. The van der Waals surface area contributed by atoms with Gasteiger partial charge in [0.2, 0.25) is 15.9 Å². The molecule has 0 bridgehead atoms. The molecule has 2 N–H and O–H groups in total. The van der Waals surface area contributed by atoms with Gasteiger partial charge < -0.3 is 5.73 Å². The fourth-order valence-electron chi connectivity index (χ4n) is 3.32. The summed E-state index contributed by atoms with van der Waals surface area (Å²) in [6, 6.07) is 8.37. The van der Waals surface area contributed by atoms with Gasteiger partial charge in [-0.3, -0.25) is 9.69 Å². The van der Waals surface area contributed by atoms with Gasteiger partial charge in [-0.15, -0.1) is 0 Å². The Balaban J connectivity index is 1.62. The molecule has 2 aliphatic rings. The summed E-state index contributed by atoms with van der Waals surface area (Å²) in [5.74, 6) is -0.316. The molecule has 128 valence electrons. The van der Waals surface area contributed by atoms with Gasteiger partial charge in [0.25, 0.3) is 0 Å². The van der Waals surface area contributed by atoms with Crippen LogP contribution in [0, 0.1) is 17.2 Å². The van der Waals surface area contributed by atoms with E-state index in [1.54, 1.807) is 12.1 Å². The molecule has 1 aromatic rings. The molecule has 2 fully saturated rings. The summed E-state index contributed by atoms with van der Waals surface area (Å²) >= 11 is 0. The number of carbonyl (C=O) groups excluding carboxylic acids is 1. The molecular formula is C16H20N4O3S. The quantitative estimate of drug-likeness (QED) is 0.832. The third-order valence-corrected chi connectivity index (χ3v) is 6.79. The third kappa shape index (κ3) is 3.02. The van der Waals surface area contributed by atoms with E-state index in [2.05, 4.69) is 4.90 Å². The maximum atomic E-state index is 12.7. The topological polar surface area (TPSA) is 108 Å². The zero-order valence-electron chi connectivity index (χ0n) is 13.3. The van der Waals surface area contributed by atoms with E-state index in [1.165, 1.54) is 16.4 Å². The first-order valence-electron chi connectivity index (χ1n) is 7.96. The number of carbonyl (C=O) groups is 1. The summed E-state index contributed by atoms with van der Waals surface area (Å²) in [6.07, 6.45) is 1.46. The number of hydrogen-bond acceptors (Lipinski definition) is 5. The summed E-state index contributed by atoms with van der Waals surface area (Å²) in [7, 11) is -3.63. The highest BCUT2D eigenvalue weighted by Crippen LogP contribution is 2.28. The number of nitrogens with two attached hydrogens (primary N) is 1. The minimum Gasteiger partial charge on any atom is -0.369 e. The van der Waals surface area contributed by atoms with Gasteiger partial charge in [0, 0.05) is 25.0 Å². The molecule has 0 saturated carbocycles. The Morgan fingerprint density at radius 1 is 1.21 bits per heavy atom. The lowest BCUT2D eigenvalue weighted by atomic mass is 9.94. The standard InChI is InChI=1S/C16H20N4O3S/c17-9-13-3-1-2-4-15(13)24(22,23)20-10-14(11-20)19-7-5-12(6-8-19)16(18)21/h1-4,12,14H,5-8,10-11H2,(H2,18,21). The molecule has 0 unspecified atom stereocenters. The van der Waals surface area contributed by atoms with Crippen LogP contribution >= 0.6 is 0 Å². The van der Waals surface area contributed by atoms with Crippen LogP contribution in [0.25, 0.3) is 0 Å². The minimum atomic E-state index is -3.63. The molecule has 1 amide bonds. The lowest BCUT2D eigenvalue weighted by molar-refractivity contribution is -0.123. The van der Waals surface area contributed by atoms with Crippen molar-refractivity contribution in [2.75, 3.05) is 26.2 Å². The van der Waals surface area contributed by atoms with E-state index in [-0.39, 0.29) is 28.3 Å². The van der Waals surface area contributed by atoms with Crippen LogP contribution in [0.1, 0.15) is 18.4 Å². The van der Waals surface area contributed by atoms with Crippen LogP contribution in [0.2, 0.25) is 0 Å².